The van der Waals surface area contributed by atoms with Crippen molar-refractivity contribution in [2.75, 3.05) is 19.6 Å². The molecule has 6 unspecified atom stereocenters. The van der Waals surface area contributed by atoms with Gasteiger partial charge in [0.05, 0.1) is 31.7 Å². The largest absolute Gasteiger partial charge is 0.476 e. The van der Waals surface area contributed by atoms with Gasteiger partial charge in [0.15, 0.2) is 11.5 Å². The molecule has 0 aromatic rings. The van der Waals surface area contributed by atoms with E-state index < -0.39 is 54.6 Å². The predicted octanol–water partition coefficient (Wildman–Crippen LogP) is 2.40. The Labute approximate surface area is 198 Å². The number of rotatable bonds is 8. The van der Waals surface area contributed by atoms with Crippen LogP contribution < -0.4 is 16.8 Å². The second-order valence-electron chi connectivity index (χ2n) is 8.73. The number of aliphatic imine (C=N–C) groups is 3. The molecular weight excluding hydrogens is 512 g/mol. The number of ether oxygens (including phenoxy) is 1. The summed E-state index contributed by atoms with van der Waals surface area (Å²) in [6.45, 7) is -0.224. The molecule has 8 nitrogen and oxygen atoms in total. The monoisotopic (exact) mass is 542 g/mol. The fourth-order valence-corrected chi connectivity index (χ4v) is 4.92. The smallest absolute Gasteiger partial charge is 0.315 e. The zero-order valence-corrected chi connectivity index (χ0v) is 19.8. The minimum atomic E-state index is -3.87. The van der Waals surface area contributed by atoms with Gasteiger partial charge in [0.25, 0.3) is 0 Å². The van der Waals surface area contributed by atoms with Crippen LogP contribution in [0.2, 0.25) is 0 Å². The van der Waals surface area contributed by atoms with Gasteiger partial charge in [-0.2, -0.15) is 14.3 Å². The van der Waals surface area contributed by atoms with Crippen LogP contribution in [0.15, 0.2) is 15.0 Å². The normalized spacial score (nSPS) is 33.2. The highest BCUT2D eigenvalue weighted by molar-refractivity contribution is 9.09. The summed E-state index contributed by atoms with van der Waals surface area (Å²) in [6, 6.07) is 0. The molecule has 0 aromatic heterocycles. The molecule has 0 aromatic carbocycles. The molecule has 0 saturated heterocycles. The second kappa shape index (κ2) is 11.4. The van der Waals surface area contributed by atoms with Gasteiger partial charge in [0, 0.05) is 23.6 Å². The third-order valence-electron chi connectivity index (χ3n) is 6.43. The number of hydrogen-bond acceptors (Lipinski definition) is 7. The van der Waals surface area contributed by atoms with Crippen LogP contribution in [0, 0.1) is 5.92 Å². The van der Waals surface area contributed by atoms with E-state index in [-0.39, 0.29) is 32.2 Å². The van der Waals surface area contributed by atoms with Gasteiger partial charge in [-0.1, -0.05) is 15.9 Å². The highest BCUT2D eigenvalue weighted by Gasteiger charge is 2.62. The van der Waals surface area contributed by atoms with Crippen molar-refractivity contribution in [3.63, 3.8) is 0 Å². The molecule has 3 aliphatic rings. The van der Waals surface area contributed by atoms with Crippen molar-refractivity contribution in [1.82, 2.24) is 11.0 Å². The van der Waals surface area contributed by atoms with E-state index in [0.717, 1.165) is 12.8 Å². The minimum Gasteiger partial charge on any atom is -0.476 e. The summed E-state index contributed by atoms with van der Waals surface area (Å²) in [4.78, 5) is 12.4. The summed E-state index contributed by atoms with van der Waals surface area (Å²) in [5, 5.41) is 11.2. The molecule has 0 amide bonds. The number of hydrogen-bond donors (Lipinski definition) is 4. The summed E-state index contributed by atoms with van der Waals surface area (Å²) in [7, 11) is 0. The number of alkyl halides is 5. The summed E-state index contributed by atoms with van der Waals surface area (Å²) >= 11 is 3.49. The van der Waals surface area contributed by atoms with E-state index in [4.69, 9.17) is 10.6 Å². The van der Waals surface area contributed by atoms with Crippen molar-refractivity contribution in [3.05, 3.63) is 0 Å². The lowest BCUT2D eigenvalue weighted by atomic mass is 9.70. The topological polar surface area (TPSA) is 117 Å². The van der Waals surface area contributed by atoms with Gasteiger partial charge in [0.2, 0.25) is 0 Å². The molecule has 188 valence electrons. The van der Waals surface area contributed by atoms with Crippen LogP contribution in [0.3, 0.4) is 0 Å². The maximum Gasteiger partial charge on any atom is 0.315 e. The zero-order chi connectivity index (χ0) is 24.1. The Hall–Kier alpha value is -1.31. The van der Waals surface area contributed by atoms with E-state index in [1.807, 2.05) is 5.53 Å². The number of nitrogens with one attached hydrogen (secondary N) is 2. The summed E-state index contributed by atoms with van der Waals surface area (Å²) in [6.07, 6.45) is -1.93. The molecule has 2 aliphatic heterocycles. The molecular formula is C20H31BrF4N6O2. The molecule has 6 atom stereocenters. The van der Waals surface area contributed by atoms with Crippen molar-refractivity contribution in [2.45, 2.75) is 79.7 Å². The highest BCUT2D eigenvalue weighted by atomic mass is 79.9. The van der Waals surface area contributed by atoms with Crippen molar-refractivity contribution >= 4 is 33.9 Å². The van der Waals surface area contributed by atoms with Crippen LogP contribution in [-0.2, 0) is 4.74 Å². The van der Waals surface area contributed by atoms with Crippen LogP contribution in [0.25, 0.3) is 0 Å². The Morgan fingerprint density at radius 3 is 2.58 bits per heavy atom. The van der Waals surface area contributed by atoms with Gasteiger partial charge in [-0.25, -0.2) is 8.78 Å². The average Bonchev–Trinajstić information content (AvgIpc) is 2.78. The van der Waals surface area contributed by atoms with Gasteiger partial charge in [-0.15, -0.1) is 0 Å². The Bertz CT molecular complexity index is 758. The molecule has 3 rings (SSSR count). The number of nitrogens with zero attached hydrogens (tertiary/aromatic N) is 3. The number of nitrogens with two attached hydrogens (primary N) is 1. The average molecular weight is 543 g/mol. The van der Waals surface area contributed by atoms with Gasteiger partial charge in [-0.05, 0) is 32.1 Å². The first-order chi connectivity index (χ1) is 15.7. The Morgan fingerprint density at radius 1 is 1.18 bits per heavy atom. The van der Waals surface area contributed by atoms with Crippen LogP contribution in [0.4, 0.5) is 17.6 Å². The van der Waals surface area contributed by atoms with E-state index in [1.165, 1.54) is 0 Å². The third-order valence-corrected chi connectivity index (χ3v) is 7.18. The Kier molecular flexibility index (Phi) is 9.09. The Balaban J connectivity index is 1.75. The summed E-state index contributed by atoms with van der Waals surface area (Å²) < 4.78 is 65.6. The minimum absolute atomic E-state index is 0.0179. The molecule has 0 spiro atoms. The first-order valence-corrected chi connectivity index (χ1v) is 12.0. The second-order valence-corrected chi connectivity index (χ2v) is 10.0. The molecule has 1 fully saturated rings. The Morgan fingerprint density at radius 2 is 1.97 bits per heavy atom. The van der Waals surface area contributed by atoms with E-state index >= 15 is 8.78 Å². The van der Waals surface area contributed by atoms with Crippen LogP contribution in [0.5, 0.6) is 0 Å². The predicted molar refractivity (Wildman–Crippen MR) is 122 cm³/mol. The molecule has 13 heteroatoms. The first-order valence-electron chi connectivity index (χ1n) is 11.1. The number of halogens is 5. The van der Waals surface area contributed by atoms with Gasteiger partial charge < -0.3 is 9.84 Å². The molecule has 1 saturated carbocycles. The maximum absolute atomic E-state index is 15.7. The molecule has 33 heavy (non-hydrogen) atoms. The number of aliphatic hydroxyl groups is 1. The van der Waals surface area contributed by atoms with Crippen LogP contribution in [-0.4, -0.2) is 77.5 Å². The SMILES string of the molecule is NNNC=NCC(O)(C1CCC(F)CC1F)C(F)(F)C1=NCC(OC2=NCC(Br)CC2)CC1. The maximum atomic E-state index is 15.7. The lowest BCUT2D eigenvalue weighted by molar-refractivity contribution is -0.184. The summed E-state index contributed by atoms with van der Waals surface area (Å²) in [5.41, 5.74) is 0.941. The third kappa shape index (κ3) is 6.23. The van der Waals surface area contributed by atoms with Crippen molar-refractivity contribution < 1.29 is 27.4 Å². The van der Waals surface area contributed by atoms with Gasteiger partial charge in [0.1, 0.15) is 18.4 Å². The van der Waals surface area contributed by atoms with E-state index in [0.29, 0.717) is 23.7 Å². The molecule has 5 N–H and O–H groups in total. The molecule has 1 aliphatic carbocycles. The van der Waals surface area contributed by atoms with Crippen LogP contribution >= 0.6 is 15.9 Å². The molecule has 0 bridgehead atoms. The van der Waals surface area contributed by atoms with E-state index in [1.54, 1.807) is 0 Å². The van der Waals surface area contributed by atoms with Crippen molar-refractivity contribution in [2.24, 2.45) is 26.7 Å². The highest BCUT2D eigenvalue weighted by Crippen LogP contribution is 2.46. The van der Waals surface area contributed by atoms with Crippen molar-refractivity contribution in [3.8, 4) is 0 Å². The van der Waals surface area contributed by atoms with Crippen molar-refractivity contribution in [1.29, 1.82) is 0 Å². The zero-order valence-electron chi connectivity index (χ0n) is 18.2. The molecule has 2 heterocycles. The van der Waals surface area contributed by atoms with Gasteiger partial charge >= 0.3 is 5.92 Å². The van der Waals surface area contributed by atoms with E-state index in [2.05, 4.69) is 36.3 Å². The number of hydrazine groups is 2. The quantitative estimate of drug-likeness (QED) is 0.0938. The lowest BCUT2D eigenvalue weighted by Crippen LogP contribution is -2.63. The molecule has 0 radical (unpaired) electrons. The summed E-state index contributed by atoms with van der Waals surface area (Å²) in [5.74, 6) is 0.277. The van der Waals surface area contributed by atoms with E-state index in [9.17, 15) is 13.9 Å². The fraction of sp³-hybridized carbons (Fsp3) is 0.850. The standard InChI is InChI=1S/C20H31BrF4N6O2/c21-12-1-6-18(29-8-12)33-14-3-5-17(28-9-14)20(24,25)19(32,10-27-11-30-31-26)15-4-2-13(22)7-16(15)23/h11-16,31-32H,1-10,26H2,(H,27,30). The van der Waals surface area contributed by atoms with Crippen LogP contribution in [0.1, 0.15) is 44.9 Å². The lowest BCUT2D eigenvalue weighted by Gasteiger charge is -2.45. The fourth-order valence-electron chi connectivity index (χ4n) is 4.55. The van der Waals surface area contributed by atoms with Gasteiger partial charge in [-0.3, -0.25) is 26.2 Å². The first kappa shape index (κ1) is 26.3.